The highest BCUT2D eigenvalue weighted by Gasteiger charge is 2.15. The summed E-state index contributed by atoms with van der Waals surface area (Å²) in [5, 5.41) is 11.3. The van der Waals surface area contributed by atoms with Gasteiger partial charge in [0.15, 0.2) is 0 Å². The number of aliphatic hydroxyl groups excluding tert-OH is 1. The molecule has 0 saturated carbocycles. The number of aliphatic hydroxyl groups is 1. The van der Waals surface area contributed by atoms with Crippen molar-refractivity contribution in [2.24, 2.45) is 0 Å². The number of hydrogen-bond donors (Lipinski definition) is 2. The molecule has 0 aromatic heterocycles. The Morgan fingerprint density at radius 1 is 1.64 bits per heavy atom. The number of ether oxygens (including phenoxy) is 1. The Bertz CT molecular complexity index is 171. The number of hydrogen-bond acceptors (Lipinski definition) is 4. The number of carbonyl (C=O) groups is 1. The van der Waals surface area contributed by atoms with E-state index in [9.17, 15) is 4.79 Å². The van der Waals surface area contributed by atoms with Gasteiger partial charge >= 0.3 is 0 Å². The molecule has 0 radical (unpaired) electrons. The maximum Gasteiger partial charge on any atom is 0.230 e. The zero-order valence-corrected chi connectivity index (χ0v) is 9.02. The third kappa shape index (κ3) is 4.83. The molecule has 0 spiro atoms. The van der Waals surface area contributed by atoms with Crippen LogP contribution in [0.2, 0.25) is 0 Å². The van der Waals surface area contributed by atoms with Gasteiger partial charge in [0.1, 0.15) is 0 Å². The first-order valence-electron chi connectivity index (χ1n) is 4.90. The molecule has 1 aliphatic heterocycles. The lowest BCUT2D eigenvalue weighted by Gasteiger charge is -2.10. The van der Waals surface area contributed by atoms with Gasteiger partial charge in [0.2, 0.25) is 5.91 Å². The van der Waals surface area contributed by atoms with Crippen LogP contribution in [0.25, 0.3) is 0 Å². The fourth-order valence-corrected chi connectivity index (χ4v) is 1.87. The summed E-state index contributed by atoms with van der Waals surface area (Å²) in [6.45, 7) is 1.57. The summed E-state index contributed by atoms with van der Waals surface area (Å²) in [6, 6.07) is 0. The van der Waals surface area contributed by atoms with E-state index >= 15 is 0 Å². The van der Waals surface area contributed by atoms with Crippen LogP contribution < -0.4 is 5.32 Å². The third-order valence-electron chi connectivity index (χ3n) is 2.02. The number of thioether (sulfide) groups is 1. The Morgan fingerprint density at radius 3 is 3.14 bits per heavy atom. The number of nitrogens with one attached hydrogen (secondary N) is 1. The van der Waals surface area contributed by atoms with Gasteiger partial charge in [-0.15, -0.1) is 11.8 Å². The molecule has 1 unspecified atom stereocenters. The van der Waals surface area contributed by atoms with Crippen molar-refractivity contribution in [3.05, 3.63) is 0 Å². The highest BCUT2D eigenvalue weighted by Crippen LogP contribution is 2.10. The molecule has 82 valence electrons. The maximum atomic E-state index is 11.2. The Kier molecular flexibility index (Phi) is 5.98. The molecular weight excluding hydrogens is 202 g/mol. The van der Waals surface area contributed by atoms with Crippen LogP contribution in [-0.2, 0) is 9.53 Å². The molecule has 0 aliphatic carbocycles. The van der Waals surface area contributed by atoms with Crippen LogP contribution in [0.3, 0.4) is 0 Å². The molecule has 1 aliphatic rings. The molecule has 1 rings (SSSR count). The van der Waals surface area contributed by atoms with Crippen molar-refractivity contribution in [3.63, 3.8) is 0 Å². The van der Waals surface area contributed by atoms with E-state index in [4.69, 9.17) is 9.84 Å². The number of rotatable bonds is 6. The normalized spacial score (nSPS) is 21.1. The van der Waals surface area contributed by atoms with Crippen LogP contribution in [0.4, 0.5) is 0 Å². The molecule has 1 amide bonds. The maximum absolute atomic E-state index is 11.2. The van der Waals surface area contributed by atoms with Gasteiger partial charge in [-0.2, -0.15) is 0 Å². The van der Waals surface area contributed by atoms with Gasteiger partial charge in [-0.25, -0.2) is 0 Å². The second kappa shape index (κ2) is 7.09. The van der Waals surface area contributed by atoms with Gasteiger partial charge in [-0.3, -0.25) is 4.79 Å². The van der Waals surface area contributed by atoms with Crippen LogP contribution in [-0.4, -0.2) is 48.4 Å². The predicted molar refractivity (Wildman–Crippen MR) is 56.4 cm³/mol. The summed E-state index contributed by atoms with van der Waals surface area (Å²) in [5.74, 6) is 1.07. The average molecular weight is 219 g/mol. The molecule has 14 heavy (non-hydrogen) atoms. The molecule has 1 saturated heterocycles. The van der Waals surface area contributed by atoms with Crippen LogP contribution in [0.15, 0.2) is 0 Å². The summed E-state index contributed by atoms with van der Waals surface area (Å²) in [5.41, 5.74) is 0. The molecule has 1 atom stereocenters. The van der Waals surface area contributed by atoms with E-state index in [0.29, 0.717) is 18.1 Å². The number of amides is 1. The van der Waals surface area contributed by atoms with Crippen LogP contribution in [0.1, 0.15) is 12.8 Å². The lowest BCUT2D eigenvalue weighted by atomic mass is 10.2. The van der Waals surface area contributed by atoms with E-state index in [2.05, 4.69) is 5.32 Å². The summed E-state index contributed by atoms with van der Waals surface area (Å²) in [7, 11) is 0. The van der Waals surface area contributed by atoms with E-state index in [0.717, 1.165) is 19.4 Å². The van der Waals surface area contributed by atoms with Gasteiger partial charge < -0.3 is 15.2 Å². The van der Waals surface area contributed by atoms with Gasteiger partial charge in [0.25, 0.3) is 0 Å². The number of carbonyl (C=O) groups excluding carboxylic acids is 1. The second-order valence-corrected chi connectivity index (χ2v) is 4.32. The molecule has 0 aromatic rings. The lowest BCUT2D eigenvalue weighted by Crippen LogP contribution is -2.33. The predicted octanol–water partition coefficient (Wildman–Crippen LogP) is 0.00710. The molecule has 5 heteroatoms. The Hall–Kier alpha value is -0.260. The molecular formula is C9H17NO3S. The Labute approximate surface area is 88.4 Å². The average Bonchev–Trinajstić information content (AvgIpc) is 2.68. The highest BCUT2D eigenvalue weighted by molar-refractivity contribution is 7.99. The molecule has 2 N–H and O–H groups in total. The molecule has 0 bridgehead atoms. The first-order chi connectivity index (χ1) is 6.83. The van der Waals surface area contributed by atoms with Crippen LogP contribution >= 0.6 is 11.8 Å². The minimum atomic E-state index is 0.0268. The van der Waals surface area contributed by atoms with Crippen LogP contribution in [0.5, 0.6) is 0 Å². The van der Waals surface area contributed by atoms with E-state index in [1.807, 2.05) is 0 Å². The minimum Gasteiger partial charge on any atom is -0.396 e. The molecule has 0 aromatic carbocycles. The first kappa shape index (κ1) is 11.8. The van der Waals surface area contributed by atoms with Crippen molar-refractivity contribution in [1.29, 1.82) is 0 Å². The monoisotopic (exact) mass is 219 g/mol. The van der Waals surface area contributed by atoms with E-state index in [1.165, 1.54) is 11.8 Å². The quantitative estimate of drug-likeness (QED) is 0.618. The molecule has 4 nitrogen and oxygen atoms in total. The van der Waals surface area contributed by atoms with Gasteiger partial charge in [-0.05, 0) is 12.8 Å². The molecule has 1 fully saturated rings. The van der Waals surface area contributed by atoms with Crippen molar-refractivity contribution in [2.45, 2.75) is 18.9 Å². The topological polar surface area (TPSA) is 58.6 Å². The van der Waals surface area contributed by atoms with Gasteiger partial charge in [0.05, 0.1) is 18.5 Å². The zero-order chi connectivity index (χ0) is 10.2. The fraction of sp³-hybridized carbons (Fsp3) is 0.889. The minimum absolute atomic E-state index is 0.0268. The molecule has 1 heterocycles. The van der Waals surface area contributed by atoms with Crippen molar-refractivity contribution >= 4 is 17.7 Å². The second-order valence-electron chi connectivity index (χ2n) is 3.22. The summed E-state index contributed by atoms with van der Waals surface area (Å²) in [4.78, 5) is 11.2. The summed E-state index contributed by atoms with van der Waals surface area (Å²) in [6.07, 6.45) is 2.35. The van der Waals surface area contributed by atoms with Crippen molar-refractivity contribution < 1.29 is 14.6 Å². The SMILES string of the molecule is O=C(CSCCO)NCC1CCCO1. The fourth-order valence-electron chi connectivity index (χ4n) is 1.31. The standard InChI is InChI=1S/C9H17NO3S/c11-3-5-14-7-9(12)10-6-8-2-1-4-13-8/h8,11H,1-7H2,(H,10,12). The van der Waals surface area contributed by atoms with Gasteiger partial charge in [0, 0.05) is 18.9 Å². The van der Waals surface area contributed by atoms with Crippen molar-refractivity contribution in [2.75, 3.05) is 31.3 Å². The largest absolute Gasteiger partial charge is 0.396 e. The first-order valence-corrected chi connectivity index (χ1v) is 6.05. The van der Waals surface area contributed by atoms with Crippen molar-refractivity contribution in [3.8, 4) is 0 Å². The van der Waals surface area contributed by atoms with E-state index in [1.54, 1.807) is 0 Å². The van der Waals surface area contributed by atoms with E-state index < -0.39 is 0 Å². The van der Waals surface area contributed by atoms with Gasteiger partial charge in [-0.1, -0.05) is 0 Å². The highest BCUT2D eigenvalue weighted by atomic mass is 32.2. The smallest absolute Gasteiger partial charge is 0.230 e. The third-order valence-corrected chi connectivity index (χ3v) is 2.96. The summed E-state index contributed by atoms with van der Waals surface area (Å²) >= 11 is 1.44. The zero-order valence-electron chi connectivity index (χ0n) is 8.20. The summed E-state index contributed by atoms with van der Waals surface area (Å²) < 4.78 is 5.37. The Morgan fingerprint density at radius 2 is 2.50 bits per heavy atom. The van der Waals surface area contributed by atoms with Crippen molar-refractivity contribution in [1.82, 2.24) is 5.32 Å². The van der Waals surface area contributed by atoms with Crippen LogP contribution in [0, 0.1) is 0 Å². The van der Waals surface area contributed by atoms with E-state index in [-0.39, 0.29) is 18.6 Å². The Balaban J connectivity index is 1.96. The lowest BCUT2D eigenvalue weighted by molar-refractivity contribution is -0.119.